The first kappa shape index (κ1) is 17.3. The van der Waals surface area contributed by atoms with Crippen LogP contribution in [-0.4, -0.2) is 22.9 Å². The molecule has 1 heterocycles. The SMILES string of the molecule is CCS(=O)(=O)c1nsnc(Oc2cccc(C(F)(F)F)c2)c1=O. The molecular formula is C12H9F3N2O4S2. The molecule has 0 amide bonds. The van der Waals surface area contributed by atoms with Gasteiger partial charge in [0.05, 0.1) is 23.0 Å². The van der Waals surface area contributed by atoms with Gasteiger partial charge >= 0.3 is 6.18 Å². The molecule has 0 fully saturated rings. The number of halogens is 3. The Morgan fingerprint density at radius 3 is 2.57 bits per heavy atom. The van der Waals surface area contributed by atoms with Gasteiger partial charge in [0, 0.05) is 0 Å². The highest BCUT2D eigenvalue weighted by atomic mass is 32.2. The number of aromatic nitrogens is 2. The third-order valence-corrected chi connectivity index (χ3v) is 4.94. The molecule has 0 radical (unpaired) electrons. The van der Waals surface area contributed by atoms with Crippen LogP contribution in [0, 0.1) is 0 Å². The number of benzene rings is 1. The van der Waals surface area contributed by atoms with Crippen LogP contribution >= 0.6 is 11.7 Å². The van der Waals surface area contributed by atoms with Gasteiger partial charge in [0.1, 0.15) is 5.75 Å². The number of rotatable bonds is 4. The van der Waals surface area contributed by atoms with Crippen molar-refractivity contribution in [3.05, 3.63) is 40.1 Å². The average molecular weight is 366 g/mol. The molecule has 0 aliphatic heterocycles. The lowest BCUT2D eigenvalue weighted by molar-refractivity contribution is -0.137. The van der Waals surface area contributed by atoms with E-state index < -0.39 is 37.9 Å². The van der Waals surface area contributed by atoms with Gasteiger partial charge < -0.3 is 4.74 Å². The molecule has 23 heavy (non-hydrogen) atoms. The lowest BCUT2D eigenvalue weighted by Crippen LogP contribution is -2.19. The summed E-state index contributed by atoms with van der Waals surface area (Å²) < 4.78 is 73.3. The highest BCUT2D eigenvalue weighted by molar-refractivity contribution is 7.91. The maximum atomic E-state index is 12.6. The van der Waals surface area contributed by atoms with Crippen molar-refractivity contribution < 1.29 is 26.3 Å². The van der Waals surface area contributed by atoms with Gasteiger partial charge in [0.25, 0.3) is 11.3 Å². The fourth-order valence-electron chi connectivity index (χ4n) is 1.52. The second-order valence-corrected chi connectivity index (χ2v) is 6.96. The molecule has 0 bridgehead atoms. The minimum Gasteiger partial charge on any atom is -0.435 e. The summed E-state index contributed by atoms with van der Waals surface area (Å²) in [7, 11) is -3.89. The molecule has 2 aromatic rings. The first-order valence-corrected chi connectivity index (χ1v) is 8.48. The highest BCUT2D eigenvalue weighted by Gasteiger charge is 2.31. The Kier molecular flexibility index (Phi) is 4.71. The van der Waals surface area contributed by atoms with Crippen molar-refractivity contribution in [2.24, 2.45) is 0 Å². The standard InChI is InChI=1S/C12H9F3N2O4S2/c1-2-23(19,20)11-9(18)10(16-22-17-11)21-8-5-3-4-7(6-8)12(13,14)15/h3-6H,2H2,1H3. The lowest BCUT2D eigenvalue weighted by atomic mass is 10.2. The number of alkyl halides is 3. The molecule has 0 saturated carbocycles. The second kappa shape index (κ2) is 6.24. The van der Waals surface area contributed by atoms with Crippen LogP contribution in [0.4, 0.5) is 13.2 Å². The van der Waals surface area contributed by atoms with Crippen LogP contribution < -0.4 is 10.2 Å². The molecule has 11 heteroatoms. The number of ether oxygens (including phenoxy) is 1. The second-order valence-electron chi connectivity index (χ2n) is 4.23. The summed E-state index contributed by atoms with van der Waals surface area (Å²) >= 11 is 0.415. The molecule has 0 unspecified atom stereocenters. The number of hydrogen-bond donors (Lipinski definition) is 0. The van der Waals surface area contributed by atoms with Crippen molar-refractivity contribution in [2.45, 2.75) is 18.1 Å². The van der Waals surface area contributed by atoms with E-state index in [4.69, 9.17) is 4.74 Å². The molecule has 1 aromatic heterocycles. The Morgan fingerprint density at radius 1 is 1.26 bits per heavy atom. The third kappa shape index (κ3) is 3.85. The number of hydrogen-bond acceptors (Lipinski definition) is 7. The summed E-state index contributed by atoms with van der Waals surface area (Å²) in [5.74, 6) is -1.28. The van der Waals surface area contributed by atoms with Crippen molar-refractivity contribution in [3.63, 3.8) is 0 Å². The van der Waals surface area contributed by atoms with E-state index in [0.717, 1.165) is 12.1 Å². The molecule has 6 nitrogen and oxygen atoms in total. The van der Waals surface area contributed by atoms with Crippen LogP contribution in [0.15, 0.2) is 34.1 Å². The van der Waals surface area contributed by atoms with Gasteiger partial charge in [-0.1, -0.05) is 13.0 Å². The Bertz CT molecular complexity index is 878. The van der Waals surface area contributed by atoms with Crippen LogP contribution in [-0.2, 0) is 16.0 Å². The van der Waals surface area contributed by atoms with Crippen molar-refractivity contribution in [1.82, 2.24) is 8.75 Å². The van der Waals surface area contributed by atoms with Gasteiger partial charge in [-0.3, -0.25) is 4.79 Å². The van der Waals surface area contributed by atoms with Crippen LogP contribution in [0.2, 0.25) is 0 Å². The van der Waals surface area contributed by atoms with Crippen LogP contribution in [0.1, 0.15) is 12.5 Å². The molecule has 0 aliphatic rings. The molecule has 0 N–H and O–H groups in total. The highest BCUT2D eigenvalue weighted by Crippen LogP contribution is 2.32. The van der Waals surface area contributed by atoms with Gasteiger partial charge in [-0.25, -0.2) is 8.42 Å². The van der Waals surface area contributed by atoms with Gasteiger partial charge in [-0.15, -0.1) is 4.37 Å². The molecule has 124 valence electrons. The summed E-state index contributed by atoms with van der Waals surface area (Å²) in [5, 5.41) is -0.734. The molecule has 0 aliphatic carbocycles. The summed E-state index contributed by atoms with van der Waals surface area (Å²) in [6.45, 7) is 1.33. The molecule has 0 spiro atoms. The molecule has 0 atom stereocenters. The van der Waals surface area contributed by atoms with Crippen LogP contribution in [0.5, 0.6) is 11.6 Å². The summed E-state index contributed by atoms with van der Waals surface area (Å²) in [5.41, 5.74) is -2.07. The minimum absolute atomic E-state index is 0.289. The van der Waals surface area contributed by atoms with Crippen LogP contribution in [0.25, 0.3) is 0 Å². The first-order valence-electron chi connectivity index (χ1n) is 6.10. The van der Waals surface area contributed by atoms with E-state index in [-0.39, 0.29) is 11.5 Å². The smallest absolute Gasteiger partial charge is 0.416 e. The maximum absolute atomic E-state index is 12.6. The predicted molar refractivity (Wildman–Crippen MR) is 75.4 cm³/mol. The van der Waals surface area contributed by atoms with E-state index in [1.165, 1.54) is 13.0 Å². The summed E-state index contributed by atoms with van der Waals surface area (Å²) in [6.07, 6.45) is -4.58. The Morgan fingerprint density at radius 2 is 1.96 bits per heavy atom. The van der Waals surface area contributed by atoms with Crippen molar-refractivity contribution in [2.75, 3.05) is 5.75 Å². The Hall–Kier alpha value is -2.01. The number of nitrogens with zero attached hydrogens (tertiary/aromatic N) is 2. The number of sulfone groups is 1. The predicted octanol–water partition coefficient (Wildman–Crippen LogP) is 2.50. The van der Waals surface area contributed by atoms with E-state index >= 15 is 0 Å². The quantitative estimate of drug-likeness (QED) is 0.826. The fraction of sp³-hybridized carbons (Fsp3) is 0.250. The Balaban J connectivity index is 2.43. The average Bonchev–Trinajstić information content (AvgIpc) is 2.48. The van der Waals surface area contributed by atoms with Gasteiger partial charge in [0.15, 0.2) is 0 Å². The largest absolute Gasteiger partial charge is 0.435 e. The van der Waals surface area contributed by atoms with Gasteiger partial charge in [0.2, 0.25) is 14.9 Å². The van der Waals surface area contributed by atoms with E-state index in [9.17, 15) is 26.4 Å². The van der Waals surface area contributed by atoms with Crippen molar-refractivity contribution in [1.29, 1.82) is 0 Å². The topological polar surface area (TPSA) is 86.2 Å². The molecule has 2 rings (SSSR count). The normalized spacial score (nSPS) is 12.2. The van der Waals surface area contributed by atoms with Crippen molar-refractivity contribution >= 4 is 21.6 Å². The fourth-order valence-corrected chi connectivity index (χ4v) is 3.11. The summed E-state index contributed by atoms with van der Waals surface area (Å²) in [6, 6.07) is 3.80. The van der Waals surface area contributed by atoms with E-state index in [2.05, 4.69) is 8.75 Å². The Labute approximate surface area is 132 Å². The van der Waals surface area contributed by atoms with Crippen LogP contribution in [0.3, 0.4) is 0 Å². The lowest BCUT2D eigenvalue weighted by Gasteiger charge is -2.09. The van der Waals surface area contributed by atoms with Gasteiger partial charge in [-0.05, 0) is 18.2 Å². The van der Waals surface area contributed by atoms with E-state index in [1.807, 2.05) is 0 Å². The zero-order valence-electron chi connectivity index (χ0n) is 11.5. The summed E-state index contributed by atoms with van der Waals surface area (Å²) in [4.78, 5) is 12.0. The minimum atomic E-state index is -4.58. The first-order chi connectivity index (χ1) is 10.6. The van der Waals surface area contributed by atoms with Crippen molar-refractivity contribution in [3.8, 4) is 11.6 Å². The molecule has 1 aromatic carbocycles. The third-order valence-electron chi connectivity index (χ3n) is 2.69. The molecular weight excluding hydrogens is 357 g/mol. The van der Waals surface area contributed by atoms with Gasteiger partial charge in [-0.2, -0.15) is 17.5 Å². The monoisotopic (exact) mass is 366 g/mol. The molecule has 0 saturated heterocycles. The maximum Gasteiger partial charge on any atom is 0.416 e. The van der Waals surface area contributed by atoms with E-state index in [0.29, 0.717) is 17.8 Å². The zero-order valence-corrected chi connectivity index (χ0v) is 13.1. The zero-order chi connectivity index (χ0) is 17.3. The van der Waals surface area contributed by atoms with E-state index in [1.54, 1.807) is 0 Å².